The second kappa shape index (κ2) is 10.1. The number of benzene rings is 2. The quantitative estimate of drug-likeness (QED) is 0.331. The summed E-state index contributed by atoms with van der Waals surface area (Å²) in [6.07, 6.45) is 0. The maximum atomic E-state index is 12.8. The van der Waals surface area contributed by atoms with Gasteiger partial charge >= 0.3 is 5.97 Å². The van der Waals surface area contributed by atoms with Gasteiger partial charge in [-0.1, -0.05) is 41.4 Å². The van der Waals surface area contributed by atoms with Crippen LogP contribution in [0.5, 0.6) is 0 Å². The van der Waals surface area contributed by atoms with Gasteiger partial charge in [0.1, 0.15) is 0 Å². The van der Waals surface area contributed by atoms with Crippen LogP contribution in [-0.4, -0.2) is 22.1 Å². The van der Waals surface area contributed by atoms with E-state index in [4.69, 9.17) is 27.9 Å². The van der Waals surface area contributed by atoms with Gasteiger partial charge < -0.3 is 14.6 Å². The Morgan fingerprint density at radius 1 is 1.16 bits per heavy atom. The van der Waals surface area contributed by atoms with Crippen molar-refractivity contribution < 1.29 is 9.53 Å². The SMILES string of the molecule is CCOC(=O)c1nc(Br)n(C(C)C)c1C(Nc1cc(Cl)ccc1C)c1ccc(Cl)cc1. The normalized spacial score (nSPS) is 12.1. The lowest BCUT2D eigenvalue weighted by Crippen LogP contribution is -2.22. The zero-order chi connectivity index (χ0) is 22.7. The summed E-state index contributed by atoms with van der Waals surface area (Å²) in [6.45, 7) is 8.11. The highest BCUT2D eigenvalue weighted by Crippen LogP contribution is 2.35. The van der Waals surface area contributed by atoms with E-state index < -0.39 is 12.0 Å². The van der Waals surface area contributed by atoms with Gasteiger partial charge in [-0.25, -0.2) is 9.78 Å². The first-order chi connectivity index (χ1) is 14.7. The van der Waals surface area contributed by atoms with E-state index in [1.807, 2.05) is 67.8 Å². The number of rotatable bonds is 7. The van der Waals surface area contributed by atoms with Crippen LogP contribution in [-0.2, 0) is 4.74 Å². The third-order valence-corrected chi connectivity index (χ3v) is 5.91. The summed E-state index contributed by atoms with van der Waals surface area (Å²) in [5.41, 5.74) is 3.76. The van der Waals surface area contributed by atoms with E-state index in [1.54, 1.807) is 6.92 Å². The fraction of sp³-hybridized carbons (Fsp3) is 0.304. The molecule has 0 amide bonds. The molecule has 0 radical (unpaired) electrons. The minimum absolute atomic E-state index is 0.0390. The predicted molar refractivity (Wildman–Crippen MR) is 129 cm³/mol. The van der Waals surface area contributed by atoms with Crippen molar-refractivity contribution in [1.29, 1.82) is 0 Å². The van der Waals surface area contributed by atoms with E-state index in [0.29, 0.717) is 20.5 Å². The van der Waals surface area contributed by atoms with Crippen LogP contribution in [0.2, 0.25) is 10.0 Å². The molecule has 1 unspecified atom stereocenters. The smallest absolute Gasteiger partial charge is 0.358 e. The maximum Gasteiger partial charge on any atom is 0.358 e. The van der Waals surface area contributed by atoms with E-state index in [2.05, 4.69) is 26.2 Å². The fourth-order valence-electron chi connectivity index (χ4n) is 3.40. The summed E-state index contributed by atoms with van der Waals surface area (Å²) in [4.78, 5) is 17.3. The first-order valence-electron chi connectivity index (χ1n) is 9.95. The third-order valence-electron chi connectivity index (χ3n) is 4.87. The van der Waals surface area contributed by atoms with Crippen molar-refractivity contribution in [2.75, 3.05) is 11.9 Å². The highest BCUT2D eigenvalue weighted by atomic mass is 79.9. The van der Waals surface area contributed by atoms with Gasteiger partial charge in [-0.3, -0.25) is 0 Å². The van der Waals surface area contributed by atoms with Crippen LogP contribution >= 0.6 is 39.1 Å². The van der Waals surface area contributed by atoms with E-state index in [1.165, 1.54) is 0 Å². The summed E-state index contributed by atoms with van der Waals surface area (Å²) < 4.78 is 7.85. The van der Waals surface area contributed by atoms with Crippen LogP contribution in [0.3, 0.4) is 0 Å². The van der Waals surface area contributed by atoms with Gasteiger partial charge in [-0.2, -0.15) is 0 Å². The zero-order valence-corrected chi connectivity index (χ0v) is 20.8. The molecule has 0 aliphatic carbocycles. The minimum atomic E-state index is -0.471. The number of hydrogen-bond donors (Lipinski definition) is 1. The monoisotopic (exact) mass is 523 g/mol. The van der Waals surface area contributed by atoms with Crippen LogP contribution < -0.4 is 5.32 Å². The average molecular weight is 525 g/mol. The Labute approximate surface area is 200 Å². The van der Waals surface area contributed by atoms with Crippen molar-refractivity contribution in [3.05, 3.63) is 79.8 Å². The van der Waals surface area contributed by atoms with Gasteiger partial charge in [-0.15, -0.1) is 0 Å². The Kier molecular flexibility index (Phi) is 7.68. The molecule has 1 heterocycles. The first kappa shape index (κ1) is 23.6. The van der Waals surface area contributed by atoms with Crippen LogP contribution in [0.15, 0.2) is 47.2 Å². The summed E-state index contributed by atoms with van der Waals surface area (Å²) in [7, 11) is 0. The molecule has 8 heteroatoms. The van der Waals surface area contributed by atoms with Crippen LogP contribution in [0.4, 0.5) is 5.69 Å². The minimum Gasteiger partial charge on any atom is -0.461 e. The highest BCUT2D eigenvalue weighted by molar-refractivity contribution is 9.10. The summed E-state index contributed by atoms with van der Waals surface area (Å²) in [5.74, 6) is -0.471. The molecule has 1 N–H and O–H groups in total. The second-order valence-electron chi connectivity index (χ2n) is 7.39. The van der Waals surface area contributed by atoms with Gasteiger partial charge in [0.25, 0.3) is 0 Å². The maximum absolute atomic E-state index is 12.8. The van der Waals surface area contributed by atoms with E-state index >= 15 is 0 Å². The second-order valence-corrected chi connectivity index (χ2v) is 8.97. The van der Waals surface area contributed by atoms with Crippen molar-refractivity contribution >= 4 is 50.8 Å². The van der Waals surface area contributed by atoms with Crippen molar-refractivity contribution in [3.8, 4) is 0 Å². The number of hydrogen-bond acceptors (Lipinski definition) is 4. The molecule has 0 spiro atoms. The lowest BCUT2D eigenvalue weighted by atomic mass is 10.00. The van der Waals surface area contributed by atoms with Crippen molar-refractivity contribution in [2.45, 2.75) is 39.8 Å². The molecule has 0 saturated heterocycles. The van der Waals surface area contributed by atoms with Crippen molar-refractivity contribution in [1.82, 2.24) is 9.55 Å². The number of aryl methyl sites for hydroxylation is 1. The van der Waals surface area contributed by atoms with Gasteiger partial charge in [0.05, 0.1) is 18.3 Å². The number of nitrogens with zero attached hydrogens (tertiary/aromatic N) is 2. The molecule has 31 heavy (non-hydrogen) atoms. The van der Waals surface area contributed by atoms with Crippen molar-refractivity contribution in [3.63, 3.8) is 0 Å². The first-order valence-corrected chi connectivity index (χ1v) is 11.5. The Morgan fingerprint density at radius 3 is 2.42 bits per heavy atom. The third kappa shape index (κ3) is 5.25. The Bertz CT molecular complexity index is 1080. The number of carbonyl (C=O) groups is 1. The molecule has 0 aliphatic rings. The molecule has 1 atom stereocenters. The molecule has 0 aliphatic heterocycles. The number of carbonyl (C=O) groups excluding carboxylic acids is 1. The highest BCUT2D eigenvalue weighted by Gasteiger charge is 2.31. The summed E-state index contributed by atoms with van der Waals surface area (Å²) >= 11 is 15.9. The number of anilines is 1. The van der Waals surface area contributed by atoms with Crippen LogP contribution in [0.1, 0.15) is 60.2 Å². The number of ether oxygens (including phenoxy) is 1. The standard InChI is InChI=1S/C23H24BrCl2N3O2/c1-5-31-22(30)20-21(29(13(2)3)23(24)28-20)19(15-7-10-16(25)11-8-15)27-18-12-17(26)9-6-14(18)4/h6-13,19,27H,5H2,1-4H3. The molecular weight excluding hydrogens is 501 g/mol. The van der Waals surface area contributed by atoms with Gasteiger partial charge in [-0.05, 0) is 79.0 Å². The number of imidazole rings is 1. The predicted octanol–water partition coefficient (Wildman–Crippen LogP) is 7.22. The molecule has 0 saturated carbocycles. The average Bonchev–Trinajstić information content (AvgIpc) is 3.07. The van der Waals surface area contributed by atoms with Gasteiger partial charge in [0.2, 0.25) is 0 Å². The number of esters is 1. The molecule has 2 aromatic carbocycles. The van der Waals surface area contributed by atoms with E-state index in [9.17, 15) is 4.79 Å². The largest absolute Gasteiger partial charge is 0.461 e. The molecule has 0 fully saturated rings. The lowest BCUT2D eigenvalue weighted by molar-refractivity contribution is 0.0518. The molecule has 3 rings (SSSR count). The number of halogens is 3. The van der Waals surface area contributed by atoms with Crippen LogP contribution in [0, 0.1) is 6.92 Å². The molecule has 0 bridgehead atoms. The number of aromatic nitrogens is 2. The Balaban J connectivity index is 2.25. The van der Waals surface area contributed by atoms with Gasteiger partial charge in [0.15, 0.2) is 10.4 Å². The topological polar surface area (TPSA) is 56.1 Å². The van der Waals surface area contributed by atoms with Crippen molar-refractivity contribution in [2.24, 2.45) is 0 Å². The van der Waals surface area contributed by atoms with Gasteiger partial charge in [0, 0.05) is 21.8 Å². The zero-order valence-electron chi connectivity index (χ0n) is 17.7. The van der Waals surface area contributed by atoms with E-state index in [0.717, 1.165) is 16.8 Å². The summed E-state index contributed by atoms with van der Waals surface area (Å²) in [6, 6.07) is 12.8. The Hall–Kier alpha value is -2.02. The molecule has 5 nitrogen and oxygen atoms in total. The molecule has 1 aromatic heterocycles. The van der Waals surface area contributed by atoms with E-state index in [-0.39, 0.29) is 18.3 Å². The van der Waals surface area contributed by atoms with Crippen LogP contribution in [0.25, 0.3) is 0 Å². The fourth-order valence-corrected chi connectivity index (χ4v) is 4.48. The summed E-state index contributed by atoms with van der Waals surface area (Å²) in [5, 5.41) is 4.82. The molecular formula is C23H24BrCl2N3O2. The Morgan fingerprint density at radius 2 is 1.81 bits per heavy atom. The molecule has 3 aromatic rings. The molecule has 164 valence electrons. The lowest BCUT2D eigenvalue weighted by Gasteiger charge is -2.26. The number of nitrogens with one attached hydrogen (secondary N) is 1.